The molecule has 62 heavy (non-hydrogen) atoms. The predicted octanol–water partition coefficient (Wildman–Crippen LogP) is 4.54. The molecule has 6 rings (SSSR count). The van der Waals surface area contributed by atoms with Crippen LogP contribution in [0.25, 0.3) is 0 Å². The number of hydrogen-bond donors (Lipinski definition) is 0. The molecule has 4 aromatic carbocycles. The van der Waals surface area contributed by atoms with E-state index in [2.05, 4.69) is 200 Å². The lowest BCUT2D eigenvalue weighted by molar-refractivity contribution is -1.05. The third-order valence-electron chi connectivity index (χ3n) is 15.2. The monoisotopic (exact) mass is 966 g/mol. The normalized spacial score (nSPS) is 25.1. The maximum Gasteiger partial charge on any atom is 0.129 e. The summed E-state index contributed by atoms with van der Waals surface area (Å²) in [7, 11) is 0. The SMILES string of the molecule is C=CC[N+]1(C(C)Cc2ccccc2)CC[N+](CC=C)(C(C)Cc2ccccc2)CC1.C=CC[N+]1(C(C)Cc2ccccc2)CC[N+](CC=C)(C(C)Cc2ccccc2)CC1.[Br-].[Br-]. The first-order valence-corrected chi connectivity index (χ1v) is 23.1. The van der Waals surface area contributed by atoms with Crippen LogP contribution in [0.5, 0.6) is 0 Å². The third-order valence-corrected chi connectivity index (χ3v) is 15.2. The van der Waals surface area contributed by atoms with Crippen LogP contribution in [0.4, 0.5) is 0 Å². The van der Waals surface area contributed by atoms with Gasteiger partial charge in [0.15, 0.2) is 0 Å². The molecule has 0 saturated carbocycles. The molecule has 4 nitrogen and oxygen atoms in total. The van der Waals surface area contributed by atoms with Crippen LogP contribution in [0.2, 0.25) is 0 Å². The molecule has 336 valence electrons. The van der Waals surface area contributed by atoms with Gasteiger partial charge in [0, 0.05) is 25.7 Å². The zero-order valence-electron chi connectivity index (χ0n) is 38.9. The zero-order valence-corrected chi connectivity index (χ0v) is 42.0. The lowest BCUT2D eigenvalue weighted by Gasteiger charge is -2.54. The Morgan fingerprint density at radius 1 is 0.339 bits per heavy atom. The van der Waals surface area contributed by atoms with E-state index in [1.54, 1.807) is 0 Å². The molecule has 2 saturated heterocycles. The standard InChI is InChI=1S/2C28H40N2.2BrH/c2*1-5-17-29(25(3)23-27-13-9-7-10-14-27)19-21-30(18-6-2,22-20-29)26(4)24-28-15-11-8-12-16-28;;/h2*5-16,25-26H,1-2,17-24H2,3-4H3;2*1H/q2*+2;;/p-2. The summed E-state index contributed by atoms with van der Waals surface area (Å²) in [6.07, 6.45) is 13.1. The Morgan fingerprint density at radius 2 is 0.500 bits per heavy atom. The number of hydrogen-bond acceptors (Lipinski definition) is 0. The zero-order chi connectivity index (χ0) is 42.9. The Morgan fingerprint density at radius 3 is 0.645 bits per heavy atom. The van der Waals surface area contributed by atoms with Crippen molar-refractivity contribution < 1.29 is 51.9 Å². The van der Waals surface area contributed by atoms with Crippen molar-refractivity contribution in [3.63, 3.8) is 0 Å². The van der Waals surface area contributed by atoms with Crippen molar-refractivity contribution in [2.24, 2.45) is 0 Å². The molecule has 0 bridgehead atoms. The fourth-order valence-electron chi connectivity index (χ4n) is 10.9. The predicted molar refractivity (Wildman–Crippen MR) is 259 cm³/mol. The second kappa shape index (κ2) is 25.8. The van der Waals surface area contributed by atoms with Gasteiger partial charge in [0.05, 0.1) is 50.3 Å². The molecular formula is C56H80Br2N4+2. The smallest absolute Gasteiger partial charge is 0.129 e. The molecule has 0 aliphatic carbocycles. The van der Waals surface area contributed by atoms with E-state index in [-0.39, 0.29) is 34.0 Å². The molecule has 0 amide bonds. The van der Waals surface area contributed by atoms with E-state index in [0.29, 0.717) is 24.2 Å². The average Bonchev–Trinajstić information content (AvgIpc) is 3.27. The van der Waals surface area contributed by atoms with Gasteiger partial charge in [0.25, 0.3) is 0 Å². The molecule has 0 spiro atoms. The van der Waals surface area contributed by atoms with Crippen molar-refractivity contribution in [3.05, 3.63) is 194 Å². The highest BCUT2D eigenvalue weighted by atomic mass is 79.9. The number of benzene rings is 4. The van der Waals surface area contributed by atoms with E-state index in [1.165, 1.54) is 74.6 Å². The van der Waals surface area contributed by atoms with Crippen LogP contribution in [-0.4, -0.2) is 121 Å². The molecule has 4 unspecified atom stereocenters. The second-order valence-corrected chi connectivity index (χ2v) is 18.7. The number of quaternary nitrogens is 4. The van der Waals surface area contributed by atoms with Gasteiger partial charge in [-0.3, -0.25) is 0 Å². The highest BCUT2D eigenvalue weighted by Crippen LogP contribution is 2.31. The highest BCUT2D eigenvalue weighted by Gasteiger charge is 2.47. The Hall–Kier alpha value is -3.36. The van der Waals surface area contributed by atoms with Crippen molar-refractivity contribution >= 4 is 0 Å². The molecule has 2 aliphatic heterocycles. The summed E-state index contributed by atoms with van der Waals surface area (Å²) in [6.45, 7) is 40.2. The van der Waals surface area contributed by atoms with Crippen molar-refractivity contribution in [1.29, 1.82) is 0 Å². The molecule has 0 aromatic heterocycles. The quantitative estimate of drug-likeness (QED) is 0.0903. The van der Waals surface area contributed by atoms with Crippen LogP contribution in [0, 0.1) is 0 Å². The van der Waals surface area contributed by atoms with Crippen molar-refractivity contribution in [1.82, 2.24) is 0 Å². The lowest BCUT2D eigenvalue weighted by atomic mass is 9.98. The summed E-state index contributed by atoms with van der Waals surface area (Å²) in [5, 5.41) is 0. The van der Waals surface area contributed by atoms with Gasteiger partial charge in [-0.2, -0.15) is 0 Å². The molecule has 2 fully saturated rings. The summed E-state index contributed by atoms with van der Waals surface area (Å²) in [4.78, 5) is 0. The molecule has 0 radical (unpaired) electrons. The molecule has 6 heteroatoms. The van der Waals surface area contributed by atoms with Gasteiger partial charge in [-0.05, 0) is 74.3 Å². The first-order chi connectivity index (χ1) is 29.1. The molecular weight excluding hydrogens is 888 g/mol. The van der Waals surface area contributed by atoms with E-state index in [0.717, 1.165) is 69.8 Å². The van der Waals surface area contributed by atoms with Gasteiger partial charge in [-0.1, -0.05) is 148 Å². The van der Waals surface area contributed by atoms with Gasteiger partial charge < -0.3 is 51.9 Å². The fraction of sp³-hybridized carbons (Fsp3) is 0.429. The van der Waals surface area contributed by atoms with Gasteiger partial charge in [-0.25, -0.2) is 0 Å². The molecule has 2 heterocycles. The van der Waals surface area contributed by atoms with Crippen LogP contribution in [-0.2, 0) is 25.7 Å². The van der Waals surface area contributed by atoms with Crippen LogP contribution < -0.4 is 34.0 Å². The summed E-state index contributed by atoms with van der Waals surface area (Å²) >= 11 is 0. The number of nitrogens with zero attached hydrogens (tertiary/aromatic N) is 4. The molecule has 2 aliphatic rings. The first-order valence-electron chi connectivity index (χ1n) is 23.1. The fourth-order valence-corrected chi connectivity index (χ4v) is 10.9. The maximum absolute atomic E-state index is 4.12. The summed E-state index contributed by atoms with van der Waals surface area (Å²) in [6, 6.07) is 46.3. The van der Waals surface area contributed by atoms with Crippen molar-refractivity contribution in [2.75, 3.05) is 78.5 Å². The minimum atomic E-state index is 0. The van der Waals surface area contributed by atoms with E-state index in [9.17, 15) is 0 Å². The van der Waals surface area contributed by atoms with Crippen molar-refractivity contribution in [2.45, 2.75) is 77.5 Å². The minimum absolute atomic E-state index is 0. The van der Waals surface area contributed by atoms with E-state index >= 15 is 0 Å². The second-order valence-electron chi connectivity index (χ2n) is 18.7. The van der Waals surface area contributed by atoms with Gasteiger partial charge in [-0.15, -0.1) is 0 Å². The highest BCUT2D eigenvalue weighted by molar-refractivity contribution is 5.18. The van der Waals surface area contributed by atoms with Gasteiger partial charge >= 0.3 is 0 Å². The number of rotatable bonds is 20. The lowest BCUT2D eigenvalue weighted by Crippen LogP contribution is -3.00. The first kappa shape index (κ1) is 53.0. The summed E-state index contributed by atoms with van der Waals surface area (Å²) in [5.74, 6) is 0. The van der Waals surface area contributed by atoms with Crippen molar-refractivity contribution in [3.8, 4) is 0 Å². The Kier molecular flexibility index (Phi) is 22.1. The Bertz CT molecular complexity index is 1590. The molecule has 4 atom stereocenters. The Balaban J connectivity index is 0.000000320. The van der Waals surface area contributed by atoms with Crippen LogP contribution >= 0.6 is 0 Å². The van der Waals surface area contributed by atoms with E-state index < -0.39 is 0 Å². The Labute approximate surface area is 399 Å². The number of halogens is 2. The third kappa shape index (κ3) is 13.8. The molecule has 0 N–H and O–H groups in total. The average molecular weight is 969 g/mol. The summed E-state index contributed by atoms with van der Waals surface area (Å²) < 4.78 is 4.64. The van der Waals surface area contributed by atoms with Crippen LogP contribution in [0.15, 0.2) is 172 Å². The van der Waals surface area contributed by atoms with Crippen LogP contribution in [0.3, 0.4) is 0 Å². The number of piperazine rings is 2. The van der Waals surface area contributed by atoms with E-state index in [1.807, 2.05) is 0 Å². The maximum atomic E-state index is 4.12. The minimum Gasteiger partial charge on any atom is -1.00 e. The molecule has 4 aromatic rings. The summed E-state index contributed by atoms with van der Waals surface area (Å²) in [5.41, 5.74) is 5.78. The largest absolute Gasteiger partial charge is 1.00 e. The topological polar surface area (TPSA) is 0 Å². The van der Waals surface area contributed by atoms with Gasteiger partial charge in [0.2, 0.25) is 0 Å². The van der Waals surface area contributed by atoms with E-state index in [4.69, 9.17) is 0 Å². The van der Waals surface area contributed by atoms with Gasteiger partial charge in [0.1, 0.15) is 52.4 Å². The van der Waals surface area contributed by atoms with Crippen LogP contribution in [0.1, 0.15) is 49.9 Å².